The van der Waals surface area contributed by atoms with Crippen LogP contribution in [0.5, 0.6) is 0 Å². The van der Waals surface area contributed by atoms with E-state index in [2.05, 4.69) is 0 Å². The molecule has 2 heterocycles. The van der Waals surface area contributed by atoms with E-state index in [-0.39, 0.29) is 30.3 Å². The molecular weight excluding hydrogens is 391 g/mol. The van der Waals surface area contributed by atoms with Gasteiger partial charge in [-0.1, -0.05) is 48.5 Å². The summed E-state index contributed by atoms with van der Waals surface area (Å²) in [6, 6.07) is 13.8. The Hall–Kier alpha value is -2.76. The van der Waals surface area contributed by atoms with Gasteiger partial charge in [-0.15, -0.1) is 0 Å². The molecule has 1 amide bonds. The number of ether oxygens (including phenoxy) is 1. The van der Waals surface area contributed by atoms with E-state index in [1.54, 1.807) is 11.0 Å². The molecule has 30 heavy (non-hydrogen) atoms. The number of piperidine rings is 1. The van der Waals surface area contributed by atoms with Gasteiger partial charge in [-0.2, -0.15) is 13.2 Å². The molecule has 4 rings (SSSR count). The Morgan fingerprint density at radius 3 is 2.60 bits per heavy atom. The second-order valence-corrected chi connectivity index (χ2v) is 8.02. The Labute approximate surface area is 174 Å². The Kier molecular flexibility index (Phi) is 5.58. The van der Waals surface area contributed by atoms with Gasteiger partial charge in [-0.05, 0) is 60.9 Å². The Morgan fingerprint density at radius 2 is 1.90 bits per heavy atom. The Bertz CT molecular complexity index is 953. The van der Waals surface area contributed by atoms with Crippen LogP contribution in [0.15, 0.2) is 54.6 Å². The van der Waals surface area contributed by atoms with E-state index in [0.717, 1.165) is 30.4 Å². The van der Waals surface area contributed by atoms with Crippen LogP contribution in [0.1, 0.15) is 47.9 Å². The molecule has 6 heteroatoms. The van der Waals surface area contributed by atoms with Crippen molar-refractivity contribution in [3.63, 3.8) is 0 Å². The first kappa shape index (κ1) is 20.5. The van der Waals surface area contributed by atoms with E-state index in [0.29, 0.717) is 12.0 Å². The highest BCUT2D eigenvalue weighted by molar-refractivity contribution is 5.75. The number of benzene rings is 2. The van der Waals surface area contributed by atoms with Gasteiger partial charge in [0.25, 0.3) is 0 Å². The maximum Gasteiger partial charge on any atom is 0.416 e. The number of rotatable bonds is 3. The van der Waals surface area contributed by atoms with E-state index in [1.807, 2.05) is 36.4 Å². The molecule has 2 unspecified atom stereocenters. The number of alkyl halides is 3. The summed E-state index contributed by atoms with van der Waals surface area (Å²) in [5.41, 5.74) is 2.00. The molecule has 2 bridgehead atoms. The summed E-state index contributed by atoms with van der Waals surface area (Å²) in [5.74, 6) is 0. The molecule has 2 aliphatic rings. The topological polar surface area (TPSA) is 29.5 Å². The van der Waals surface area contributed by atoms with Crippen LogP contribution in [0, 0.1) is 6.92 Å². The predicted octanol–water partition coefficient (Wildman–Crippen LogP) is 6.36. The Morgan fingerprint density at radius 1 is 1.13 bits per heavy atom. The van der Waals surface area contributed by atoms with Crippen LogP contribution >= 0.6 is 0 Å². The molecule has 0 aliphatic carbocycles. The van der Waals surface area contributed by atoms with Crippen molar-refractivity contribution in [3.05, 3.63) is 76.9 Å². The molecule has 0 radical (unpaired) electrons. The molecule has 2 aliphatic heterocycles. The van der Waals surface area contributed by atoms with Crippen LogP contribution < -0.4 is 0 Å². The standard InChI is InChI=1S/C24H24F3NO2/c1-16-10-11-18(14-22(16)24(25,26)27)19-12-20-8-5-9-21(13-19)28(20)23(29)30-15-17-6-3-2-4-7-17/h2-4,6-7,10-12,14,20-21H,5,8-9,13,15H2,1H3. The minimum atomic E-state index is -4.38. The first-order valence-electron chi connectivity index (χ1n) is 10.2. The summed E-state index contributed by atoms with van der Waals surface area (Å²) in [7, 11) is 0. The molecule has 1 fully saturated rings. The average molecular weight is 415 g/mol. The number of halogens is 3. The summed E-state index contributed by atoms with van der Waals surface area (Å²) in [6.45, 7) is 1.68. The van der Waals surface area contributed by atoms with Crippen molar-refractivity contribution in [2.45, 2.75) is 57.5 Å². The van der Waals surface area contributed by atoms with Crippen molar-refractivity contribution in [2.24, 2.45) is 0 Å². The fraction of sp³-hybridized carbons (Fsp3) is 0.375. The largest absolute Gasteiger partial charge is 0.445 e. The van der Waals surface area contributed by atoms with Gasteiger partial charge >= 0.3 is 12.3 Å². The molecule has 2 aromatic rings. The quantitative estimate of drug-likeness (QED) is 0.584. The van der Waals surface area contributed by atoms with Gasteiger partial charge in [-0.25, -0.2) is 4.79 Å². The minimum Gasteiger partial charge on any atom is -0.445 e. The minimum absolute atomic E-state index is 0.0531. The summed E-state index contributed by atoms with van der Waals surface area (Å²) in [6.07, 6.45) is 0.359. The number of hydrogen-bond donors (Lipinski definition) is 0. The Balaban J connectivity index is 1.54. The molecule has 0 spiro atoms. The fourth-order valence-electron chi connectivity index (χ4n) is 4.45. The van der Waals surface area contributed by atoms with Gasteiger partial charge in [0.1, 0.15) is 6.61 Å². The smallest absolute Gasteiger partial charge is 0.416 e. The lowest BCUT2D eigenvalue weighted by atomic mass is 9.82. The molecule has 0 saturated carbocycles. The second-order valence-electron chi connectivity index (χ2n) is 8.02. The summed E-state index contributed by atoms with van der Waals surface area (Å²) in [4.78, 5) is 14.6. The second kappa shape index (κ2) is 8.17. The van der Waals surface area contributed by atoms with Crippen molar-refractivity contribution in [3.8, 4) is 0 Å². The third kappa shape index (κ3) is 4.23. The molecule has 158 valence electrons. The average Bonchev–Trinajstić information content (AvgIpc) is 2.71. The molecular formula is C24H24F3NO2. The zero-order valence-corrected chi connectivity index (χ0v) is 16.8. The summed E-state index contributed by atoms with van der Waals surface area (Å²) < 4.78 is 45.5. The zero-order valence-electron chi connectivity index (χ0n) is 16.8. The van der Waals surface area contributed by atoms with Crippen LogP contribution in [0.3, 0.4) is 0 Å². The lowest BCUT2D eigenvalue weighted by Crippen LogP contribution is -2.51. The van der Waals surface area contributed by atoms with Gasteiger partial charge in [-0.3, -0.25) is 4.90 Å². The molecule has 1 saturated heterocycles. The number of carbonyl (C=O) groups is 1. The van der Waals surface area contributed by atoms with Crippen LogP contribution in [-0.4, -0.2) is 23.1 Å². The number of aryl methyl sites for hydroxylation is 1. The first-order valence-corrected chi connectivity index (χ1v) is 10.2. The molecule has 2 aromatic carbocycles. The van der Waals surface area contributed by atoms with Gasteiger partial charge in [0.15, 0.2) is 0 Å². The van der Waals surface area contributed by atoms with Gasteiger partial charge in [0.05, 0.1) is 11.6 Å². The maximum atomic E-state index is 13.3. The number of fused-ring (bicyclic) bond motifs is 2. The van der Waals surface area contributed by atoms with Crippen LogP contribution in [0.2, 0.25) is 0 Å². The maximum absolute atomic E-state index is 13.3. The molecule has 3 nitrogen and oxygen atoms in total. The lowest BCUT2D eigenvalue weighted by molar-refractivity contribution is -0.138. The van der Waals surface area contributed by atoms with E-state index in [1.165, 1.54) is 19.1 Å². The lowest BCUT2D eigenvalue weighted by Gasteiger charge is -2.44. The van der Waals surface area contributed by atoms with Crippen molar-refractivity contribution >= 4 is 11.7 Å². The van der Waals surface area contributed by atoms with Crippen molar-refractivity contribution in [1.29, 1.82) is 0 Å². The predicted molar refractivity (Wildman–Crippen MR) is 109 cm³/mol. The van der Waals surface area contributed by atoms with Crippen molar-refractivity contribution in [1.82, 2.24) is 4.90 Å². The molecule has 2 atom stereocenters. The van der Waals surface area contributed by atoms with E-state index in [4.69, 9.17) is 4.74 Å². The third-order valence-corrected chi connectivity index (χ3v) is 5.97. The van der Waals surface area contributed by atoms with Crippen LogP contribution in [0.4, 0.5) is 18.0 Å². The molecule has 0 aromatic heterocycles. The summed E-state index contributed by atoms with van der Waals surface area (Å²) >= 11 is 0. The summed E-state index contributed by atoms with van der Waals surface area (Å²) in [5, 5.41) is 0. The van der Waals surface area contributed by atoms with Crippen molar-refractivity contribution < 1.29 is 22.7 Å². The highest BCUT2D eigenvalue weighted by atomic mass is 19.4. The van der Waals surface area contributed by atoms with Gasteiger partial charge in [0.2, 0.25) is 0 Å². The van der Waals surface area contributed by atoms with Gasteiger partial charge in [0, 0.05) is 6.04 Å². The number of carbonyl (C=O) groups excluding carboxylic acids is 1. The van der Waals surface area contributed by atoms with Crippen molar-refractivity contribution in [2.75, 3.05) is 0 Å². The zero-order chi connectivity index (χ0) is 21.3. The van der Waals surface area contributed by atoms with E-state index < -0.39 is 11.7 Å². The molecule has 0 N–H and O–H groups in total. The van der Waals surface area contributed by atoms with E-state index >= 15 is 0 Å². The third-order valence-electron chi connectivity index (χ3n) is 5.97. The number of hydrogen-bond acceptors (Lipinski definition) is 2. The SMILES string of the molecule is Cc1ccc(C2=CC3CCCC(C2)N3C(=O)OCc2ccccc2)cc1C(F)(F)F. The number of amides is 1. The fourth-order valence-corrected chi connectivity index (χ4v) is 4.45. The van der Waals surface area contributed by atoms with E-state index in [9.17, 15) is 18.0 Å². The highest BCUT2D eigenvalue weighted by Gasteiger charge is 2.39. The monoisotopic (exact) mass is 415 g/mol. The number of nitrogens with zero attached hydrogens (tertiary/aromatic N) is 1. The highest BCUT2D eigenvalue weighted by Crippen LogP contribution is 2.40. The normalized spacial score (nSPS) is 21.2. The van der Waals surface area contributed by atoms with Crippen LogP contribution in [-0.2, 0) is 17.5 Å². The van der Waals surface area contributed by atoms with Gasteiger partial charge < -0.3 is 4.74 Å². The first-order chi connectivity index (χ1) is 14.3. The van der Waals surface area contributed by atoms with Crippen LogP contribution in [0.25, 0.3) is 5.57 Å².